The summed E-state index contributed by atoms with van der Waals surface area (Å²) in [6, 6.07) is 0. The summed E-state index contributed by atoms with van der Waals surface area (Å²) in [5, 5.41) is 7.21. The van der Waals surface area contributed by atoms with E-state index < -0.39 is 0 Å². The maximum absolute atomic E-state index is 3.61. The molecular weight excluding hydrogens is 408 g/mol. The molecule has 30 heavy (non-hydrogen) atoms. The molecule has 178 valence electrons. The van der Waals surface area contributed by atoms with E-state index in [4.69, 9.17) is 0 Å². The first-order chi connectivity index (χ1) is 14.9. The Hall–Kier alpha value is 0.540. The first-order valence-electron chi connectivity index (χ1n) is 13.1. The highest BCUT2D eigenvalue weighted by Crippen LogP contribution is 2.19. The van der Waals surface area contributed by atoms with Gasteiger partial charge >= 0.3 is 0 Å². The fourth-order valence-corrected chi connectivity index (χ4v) is 6.38. The molecule has 0 unspecified atom stereocenters. The van der Waals surface area contributed by atoms with Crippen LogP contribution in [0.4, 0.5) is 0 Å². The summed E-state index contributed by atoms with van der Waals surface area (Å²) >= 11 is 0. The summed E-state index contributed by atoms with van der Waals surface area (Å²) in [6.07, 6.45) is 16.8. The van der Waals surface area contributed by atoms with Gasteiger partial charge in [-0.1, -0.05) is 47.3 Å². The number of rotatable bonds is 21. The van der Waals surface area contributed by atoms with E-state index in [1.807, 2.05) is 21.6 Å². The SMILES string of the molecule is C(CCCN1CCCC1)CCNCCSSCCNCCCCCCN1CCCC1. The molecule has 6 heteroatoms. The first-order valence-corrected chi connectivity index (χ1v) is 15.5. The van der Waals surface area contributed by atoms with Crippen molar-refractivity contribution < 1.29 is 0 Å². The quantitative estimate of drug-likeness (QED) is 0.189. The topological polar surface area (TPSA) is 30.5 Å². The van der Waals surface area contributed by atoms with Crippen LogP contribution in [-0.2, 0) is 0 Å². The summed E-state index contributed by atoms with van der Waals surface area (Å²) in [4.78, 5) is 5.28. The molecule has 2 aliphatic rings. The minimum absolute atomic E-state index is 1.16. The molecular formula is C24H50N4S2. The average Bonchev–Trinajstić information content (AvgIpc) is 3.46. The fourth-order valence-electron chi connectivity index (χ4n) is 4.49. The molecule has 2 N–H and O–H groups in total. The molecule has 0 aromatic heterocycles. The Morgan fingerprint density at radius 2 is 0.867 bits per heavy atom. The Morgan fingerprint density at radius 3 is 1.30 bits per heavy atom. The zero-order valence-corrected chi connectivity index (χ0v) is 21.3. The normalized spacial score (nSPS) is 18.0. The second-order valence-electron chi connectivity index (χ2n) is 9.07. The van der Waals surface area contributed by atoms with Gasteiger partial charge in [-0.05, 0) is 104 Å². The smallest absolute Gasteiger partial charge is 0.0162 e. The molecule has 0 spiro atoms. The molecule has 2 heterocycles. The van der Waals surface area contributed by atoms with Crippen molar-refractivity contribution in [2.75, 3.05) is 77.0 Å². The Labute approximate surface area is 195 Å². The summed E-state index contributed by atoms with van der Waals surface area (Å²) in [6.45, 7) is 12.8. The number of hydrogen-bond acceptors (Lipinski definition) is 6. The van der Waals surface area contributed by atoms with Crippen molar-refractivity contribution in [2.45, 2.75) is 77.0 Å². The van der Waals surface area contributed by atoms with E-state index in [9.17, 15) is 0 Å². The van der Waals surface area contributed by atoms with E-state index in [1.54, 1.807) is 0 Å². The second-order valence-corrected chi connectivity index (χ2v) is 11.8. The highest BCUT2D eigenvalue weighted by atomic mass is 33.1. The Bertz CT molecular complexity index is 327. The van der Waals surface area contributed by atoms with Crippen molar-refractivity contribution in [2.24, 2.45) is 0 Å². The standard InChI is InChI=1S/C24H50N4S2/c1(3-7-17-27-19-9-10-20-27)5-13-25-15-23-29-30-24-16-26-14-6-2-4-8-18-28-21-11-12-22-28/h25-26H,1-24H2. The molecule has 2 saturated heterocycles. The van der Waals surface area contributed by atoms with E-state index in [0.717, 1.165) is 13.1 Å². The van der Waals surface area contributed by atoms with E-state index in [-0.39, 0.29) is 0 Å². The number of nitrogens with zero attached hydrogens (tertiary/aromatic N) is 2. The molecule has 0 amide bonds. The number of hydrogen-bond donors (Lipinski definition) is 2. The van der Waals surface area contributed by atoms with Gasteiger partial charge in [0.15, 0.2) is 0 Å². The predicted octanol–water partition coefficient (Wildman–Crippen LogP) is 4.86. The minimum atomic E-state index is 1.16. The lowest BCUT2D eigenvalue weighted by Crippen LogP contribution is -2.21. The van der Waals surface area contributed by atoms with Crippen LogP contribution in [0.2, 0.25) is 0 Å². The average molecular weight is 459 g/mol. The lowest BCUT2D eigenvalue weighted by atomic mass is 10.2. The summed E-state index contributed by atoms with van der Waals surface area (Å²) in [5.41, 5.74) is 0. The van der Waals surface area contributed by atoms with Gasteiger partial charge in [-0.3, -0.25) is 0 Å². The molecule has 0 atom stereocenters. The zero-order valence-electron chi connectivity index (χ0n) is 19.7. The van der Waals surface area contributed by atoms with Crippen LogP contribution >= 0.6 is 21.6 Å². The third-order valence-electron chi connectivity index (χ3n) is 6.36. The third kappa shape index (κ3) is 15.4. The summed E-state index contributed by atoms with van der Waals surface area (Å²) in [5.74, 6) is 2.47. The van der Waals surface area contributed by atoms with Crippen LogP contribution in [0.25, 0.3) is 0 Å². The van der Waals surface area contributed by atoms with Crippen molar-refractivity contribution in [3.8, 4) is 0 Å². The van der Waals surface area contributed by atoms with Gasteiger partial charge in [-0.15, -0.1) is 0 Å². The van der Waals surface area contributed by atoms with Gasteiger partial charge in [0, 0.05) is 24.6 Å². The molecule has 2 fully saturated rings. The van der Waals surface area contributed by atoms with Gasteiger partial charge in [0.1, 0.15) is 0 Å². The van der Waals surface area contributed by atoms with Crippen LogP contribution in [0, 0.1) is 0 Å². The Kier molecular flexibility index (Phi) is 18.0. The van der Waals surface area contributed by atoms with Crippen LogP contribution in [0.3, 0.4) is 0 Å². The van der Waals surface area contributed by atoms with Crippen LogP contribution in [0.15, 0.2) is 0 Å². The molecule has 0 radical (unpaired) electrons. The lowest BCUT2D eigenvalue weighted by molar-refractivity contribution is 0.328. The van der Waals surface area contributed by atoms with Crippen LogP contribution < -0.4 is 10.6 Å². The maximum atomic E-state index is 3.61. The van der Waals surface area contributed by atoms with Crippen LogP contribution in [0.1, 0.15) is 77.0 Å². The van der Waals surface area contributed by atoms with E-state index >= 15 is 0 Å². The van der Waals surface area contributed by atoms with E-state index in [1.165, 1.54) is 141 Å². The second kappa shape index (κ2) is 20.2. The van der Waals surface area contributed by atoms with Crippen molar-refractivity contribution in [1.29, 1.82) is 0 Å². The first kappa shape index (κ1) is 26.8. The van der Waals surface area contributed by atoms with Gasteiger partial charge in [0.25, 0.3) is 0 Å². The minimum Gasteiger partial charge on any atom is -0.316 e. The zero-order chi connectivity index (χ0) is 21.0. The highest BCUT2D eigenvalue weighted by Gasteiger charge is 2.10. The molecule has 2 aliphatic heterocycles. The third-order valence-corrected chi connectivity index (χ3v) is 8.77. The van der Waals surface area contributed by atoms with Gasteiger partial charge in [0.05, 0.1) is 0 Å². The Balaban J connectivity index is 1.16. The van der Waals surface area contributed by atoms with Gasteiger partial charge in [-0.25, -0.2) is 0 Å². The molecule has 0 saturated carbocycles. The van der Waals surface area contributed by atoms with Gasteiger partial charge < -0.3 is 20.4 Å². The predicted molar refractivity (Wildman–Crippen MR) is 139 cm³/mol. The van der Waals surface area contributed by atoms with Crippen LogP contribution in [-0.4, -0.2) is 86.8 Å². The van der Waals surface area contributed by atoms with Crippen molar-refractivity contribution in [1.82, 2.24) is 20.4 Å². The van der Waals surface area contributed by atoms with Crippen LogP contribution in [0.5, 0.6) is 0 Å². The molecule has 0 bridgehead atoms. The van der Waals surface area contributed by atoms with E-state index in [0.29, 0.717) is 0 Å². The lowest BCUT2D eigenvalue weighted by Gasteiger charge is -2.13. The van der Waals surface area contributed by atoms with Gasteiger partial charge in [0.2, 0.25) is 0 Å². The Morgan fingerprint density at radius 1 is 0.467 bits per heavy atom. The molecule has 0 aliphatic carbocycles. The van der Waals surface area contributed by atoms with Gasteiger partial charge in [-0.2, -0.15) is 0 Å². The highest BCUT2D eigenvalue weighted by molar-refractivity contribution is 8.76. The number of unbranched alkanes of at least 4 members (excludes halogenated alkanes) is 6. The van der Waals surface area contributed by atoms with Crippen molar-refractivity contribution in [3.63, 3.8) is 0 Å². The largest absolute Gasteiger partial charge is 0.316 e. The molecule has 0 aromatic rings. The van der Waals surface area contributed by atoms with Crippen molar-refractivity contribution in [3.05, 3.63) is 0 Å². The summed E-state index contributed by atoms with van der Waals surface area (Å²) < 4.78 is 0. The molecule has 0 aromatic carbocycles. The molecule has 2 rings (SSSR count). The molecule has 4 nitrogen and oxygen atoms in total. The summed E-state index contributed by atoms with van der Waals surface area (Å²) in [7, 11) is 4.06. The fraction of sp³-hybridized carbons (Fsp3) is 1.00. The van der Waals surface area contributed by atoms with E-state index in [2.05, 4.69) is 20.4 Å². The van der Waals surface area contributed by atoms with Crippen molar-refractivity contribution >= 4 is 21.6 Å². The maximum Gasteiger partial charge on any atom is 0.0162 e. The monoisotopic (exact) mass is 458 g/mol. The number of nitrogens with one attached hydrogen (secondary N) is 2. The number of likely N-dealkylation sites (tertiary alicyclic amines) is 2.